The van der Waals surface area contributed by atoms with E-state index in [4.69, 9.17) is 10.8 Å². The smallest absolute Gasteiger partial charge is 0.305 e. The summed E-state index contributed by atoms with van der Waals surface area (Å²) in [6, 6.07) is -0.400. The molecule has 0 saturated heterocycles. The predicted octanol–water partition coefficient (Wildman–Crippen LogP) is 2.60. The van der Waals surface area contributed by atoms with E-state index in [0.29, 0.717) is 0 Å². The van der Waals surface area contributed by atoms with Crippen LogP contribution in [0.25, 0.3) is 0 Å². The molecule has 3 nitrogen and oxygen atoms in total. The third-order valence-electron chi connectivity index (χ3n) is 2.00. The number of carbonyl (C=O) groups is 1. The van der Waals surface area contributed by atoms with E-state index in [1.54, 1.807) is 11.3 Å². The summed E-state index contributed by atoms with van der Waals surface area (Å²) in [5, 5.41) is 8.63. The lowest BCUT2D eigenvalue weighted by atomic mass is 10.1. The zero-order valence-electron chi connectivity index (χ0n) is 8.00. The monoisotopic (exact) mass is 277 g/mol. The first-order valence-electron chi connectivity index (χ1n) is 4.16. The van der Waals surface area contributed by atoms with Gasteiger partial charge in [0.2, 0.25) is 0 Å². The molecule has 1 rings (SSSR count). The van der Waals surface area contributed by atoms with Crippen LogP contribution in [-0.4, -0.2) is 11.1 Å². The van der Waals surface area contributed by atoms with E-state index in [1.807, 2.05) is 13.8 Å². The second-order valence-corrected chi connectivity index (χ2v) is 5.22. The van der Waals surface area contributed by atoms with Crippen molar-refractivity contribution in [3.05, 3.63) is 19.8 Å². The molecule has 0 aliphatic carbocycles. The van der Waals surface area contributed by atoms with Crippen molar-refractivity contribution < 1.29 is 9.90 Å². The molecule has 1 aromatic rings. The second kappa shape index (κ2) is 4.42. The quantitative estimate of drug-likeness (QED) is 0.893. The lowest BCUT2D eigenvalue weighted by Crippen LogP contribution is -2.14. The Morgan fingerprint density at radius 1 is 1.64 bits per heavy atom. The van der Waals surface area contributed by atoms with Gasteiger partial charge in [0.15, 0.2) is 0 Å². The molecule has 0 aromatic carbocycles. The number of hydrogen-bond acceptors (Lipinski definition) is 3. The summed E-state index contributed by atoms with van der Waals surface area (Å²) < 4.78 is 1.04. The third-order valence-corrected chi connectivity index (χ3v) is 4.79. The molecule has 0 bridgehead atoms. The molecular weight excluding hydrogens is 266 g/mol. The summed E-state index contributed by atoms with van der Waals surface area (Å²) in [6.07, 6.45) is -0.0206. The minimum atomic E-state index is -0.862. The van der Waals surface area contributed by atoms with Crippen LogP contribution >= 0.6 is 27.3 Å². The highest BCUT2D eigenvalue weighted by Gasteiger charge is 2.18. The molecule has 0 amide bonds. The average molecular weight is 278 g/mol. The number of aliphatic carboxylic acids is 1. The molecule has 1 heterocycles. The van der Waals surface area contributed by atoms with Crippen LogP contribution in [0.1, 0.15) is 27.8 Å². The molecular formula is C9H12BrNO2S. The average Bonchev–Trinajstić information content (AvgIpc) is 2.32. The first-order valence-corrected chi connectivity index (χ1v) is 5.77. The summed E-state index contributed by atoms with van der Waals surface area (Å²) in [5.74, 6) is -0.862. The number of halogens is 1. The third kappa shape index (κ3) is 2.34. The predicted molar refractivity (Wildman–Crippen MR) is 60.7 cm³/mol. The maximum Gasteiger partial charge on any atom is 0.305 e. The Morgan fingerprint density at radius 2 is 2.21 bits per heavy atom. The van der Waals surface area contributed by atoms with E-state index >= 15 is 0 Å². The summed E-state index contributed by atoms with van der Waals surface area (Å²) in [5.41, 5.74) is 6.84. The van der Waals surface area contributed by atoms with Crippen LogP contribution in [0.3, 0.4) is 0 Å². The minimum Gasteiger partial charge on any atom is -0.481 e. The topological polar surface area (TPSA) is 63.3 Å². The minimum absolute atomic E-state index is 0.0206. The van der Waals surface area contributed by atoms with E-state index < -0.39 is 12.0 Å². The largest absolute Gasteiger partial charge is 0.481 e. The first kappa shape index (κ1) is 11.7. The highest BCUT2D eigenvalue weighted by Crippen LogP contribution is 2.35. The van der Waals surface area contributed by atoms with E-state index in [1.165, 1.54) is 0 Å². The molecule has 1 aromatic heterocycles. The summed E-state index contributed by atoms with van der Waals surface area (Å²) >= 11 is 5.00. The molecule has 0 spiro atoms. The lowest BCUT2D eigenvalue weighted by Gasteiger charge is -2.07. The van der Waals surface area contributed by atoms with Crippen molar-refractivity contribution in [2.24, 2.45) is 5.73 Å². The fourth-order valence-corrected chi connectivity index (χ4v) is 2.94. The highest BCUT2D eigenvalue weighted by molar-refractivity contribution is 9.10. The Morgan fingerprint density at radius 3 is 2.57 bits per heavy atom. The molecule has 1 unspecified atom stereocenters. The van der Waals surface area contributed by atoms with Crippen LogP contribution in [0.4, 0.5) is 0 Å². The van der Waals surface area contributed by atoms with E-state index in [0.717, 1.165) is 19.8 Å². The number of carboxylic acid groups (broad SMARTS) is 1. The molecule has 0 saturated carbocycles. The zero-order chi connectivity index (χ0) is 10.9. The van der Waals surface area contributed by atoms with Crippen molar-refractivity contribution in [3.63, 3.8) is 0 Å². The fraction of sp³-hybridized carbons (Fsp3) is 0.444. The lowest BCUT2D eigenvalue weighted by molar-refractivity contribution is -0.137. The van der Waals surface area contributed by atoms with Gasteiger partial charge >= 0.3 is 5.97 Å². The van der Waals surface area contributed by atoms with Crippen molar-refractivity contribution in [2.75, 3.05) is 0 Å². The molecule has 0 aliphatic rings. The SMILES string of the molecule is Cc1sc(C(N)CC(=O)O)c(C)c1Br. The summed E-state index contributed by atoms with van der Waals surface area (Å²) in [6.45, 7) is 3.93. The number of nitrogens with two attached hydrogens (primary N) is 1. The van der Waals surface area contributed by atoms with Gasteiger partial charge in [0.05, 0.1) is 6.42 Å². The van der Waals surface area contributed by atoms with Gasteiger partial charge in [-0.15, -0.1) is 11.3 Å². The van der Waals surface area contributed by atoms with Crippen molar-refractivity contribution in [3.8, 4) is 0 Å². The van der Waals surface area contributed by atoms with Crippen LogP contribution in [0.15, 0.2) is 4.47 Å². The van der Waals surface area contributed by atoms with E-state index in [-0.39, 0.29) is 6.42 Å². The number of thiophene rings is 1. The molecule has 0 aliphatic heterocycles. The molecule has 78 valence electrons. The molecule has 0 fully saturated rings. The van der Waals surface area contributed by atoms with Crippen LogP contribution in [-0.2, 0) is 4.79 Å². The fourth-order valence-electron chi connectivity index (χ4n) is 1.29. The summed E-state index contributed by atoms with van der Waals surface area (Å²) in [4.78, 5) is 12.6. The van der Waals surface area contributed by atoms with Crippen LogP contribution in [0, 0.1) is 13.8 Å². The van der Waals surface area contributed by atoms with Gasteiger partial charge in [-0.2, -0.15) is 0 Å². The molecule has 5 heteroatoms. The van der Waals surface area contributed by atoms with Gasteiger partial charge < -0.3 is 10.8 Å². The van der Waals surface area contributed by atoms with Gasteiger partial charge in [0.1, 0.15) is 0 Å². The Hall–Kier alpha value is -0.390. The zero-order valence-corrected chi connectivity index (χ0v) is 10.4. The number of hydrogen-bond donors (Lipinski definition) is 2. The van der Waals surface area contributed by atoms with E-state index in [2.05, 4.69) is 15.9 Å². The van der Waals surface area contributed by atoms with Crippen molar-refractivity contribution in [2.45, 2.75) is 26.3 Å². The molecule has 1 atom stereocenters. The van der Waals surface area contributed by atoms with Gasteiger partial charge in [0.25, 0.3) is 0 Å². The van der Waals surface area contributed by atoms with Crippen molar-refractivity contribution in [1.82, 2.24) is 0 Å². The molecule has 14 heavy (non-hydrogen) atoms. The highest BCUT2D eigenvalue weighted by atomic mass is 79.9. The Balaban J connectivity index is 2.95. The van der Waals surface area contributed by atoms with E-state index in [9.17, 15) is 4.79 Å². The van der Waals surface area contributed by atoms with Gasteiger partial charge in [-0.05, 0) is 35.3 Å². The number of aryl methyl sites for hydroxylation is 1. The molecule has 3 N–H and O–H groups in total. The Bertz CT molecular complexity index is 362. The van der Waals surface area contributed by atoms with Crippen LogP contribution in [0.5, 0.6) is 0 Å². The van der Waals surface area contributed by atoms with Crippen LogP contribution in [0.2, 0.25) is 0 Å². The number of carboxylic acids is 1. The van der Waals surface area contributed by atoms with Gasteiger partial charge in [-0.25, -0.2) is 0 Å². The number of rotatable bonds is 3. The van der Waals surface area contributed by atoms with Crippen LogP contribution < -0.4 is 5.73 Å². The second-order valence-electron chi connectivity index (χ2n) is 3.17. The maximum absolute atomic E-state index is 10.5. The summed E-state index contributed by atoms with van der Waals surface area (Å²) in [7, 11) is 0. The normalized spacial score (nSPS) is 12.9. The first-order chi connectivity index (χ1) is 6.43. The van der Waals surface area contributed by atoms with Gasteiger partial charge in [-0.3, -0.25) is 4.79 Å². The molecule has 0 radical (unpaired) electrons. The van der Waals surface area contributed by atoms with Gasteiger partial charge in [-0.1, -0.05) is 0 Å². The Kier molecular flexibility index (Phi) is 3.69. The van der Waals surface area contributed by atoms with Crippen molar-refractivity contribution in [1.29, 1.82) is 0 Å². The van der Waals surface area contributed by atoms with Gasteiger partial charge in [0, 0.05) is 20.3 Å². The maximum atomic E-state index is 10.5. The standard InChI is InChI=1S/C9H12BrNO2S/c1-4-8(10)5(2)14-9(4)6(11)3-7(12)13/h6H,3,11H2,1-2H3,(H,12,13). The van der Waals surface area contributed by atoms with Crippen molar-refractivity contribution >= 4 is 33.2 Å². The Labute approximate surface area is 95.1 Å².